The zero-order valence-corrected chi connectivity index (χ0v) is 9.49. The van der Waals surface area contributed by atoms with Crippen LogP contribution in [0.4, 0.5) is 4.39 Å². The van der Waals surface area contributed by atoms with Gasteiger partial charge in [-0.2, -0.15) is 0 Å². The normalized spacial score (nSPS) is 13.1. The van der Waals surface area contributed by atoms with E-state index in [4.69, 9.17) is 0 Å². The molecule has 0 fully saturated rings. The van der Waals surface area contributed by atoms with E-state index >= 15 is 0 Å². The lowest BCUT2D eigenvalue weighted by Crippen LogP contribution is -2.25. The topological polar surface area (TPSA) is 16.1 Å². The van der Waals surface area contributed by atoms with E-state index in [1.165, 1.54) is 5.56 Å². The van der Waals surface area contributed by atoms with Crippen molar-refractivity contribution in [3.05, 3.63) is 30.1 Å². The number of aromatic nitrogens is 1. The molecule has 84 valence electrons. The zero-order chi connectivity index (χ0) is 11.1. The first-order valence-electron chi connectivity index (χ1n) is 5.45. The van der Waals surface area contributed by atoms with Crippen LogP contribution in [0.25, 0.3) is 0 Å². The number of alkyl halides is 1. The van der Waals surface area contributed by atoms with Crippen LogP contribution in [-0.2, 0) is 0 Å². The molecule has 0 unspecified atom stereocenters. The van der Waals surface area contributed by atoms with Gasteiger partial charge in [-0.05, 0) is 37.6 Å². The highest BCUT2D eigenvalue weighted by Crippen LogP contribution is 2.21. The lowest BCUT2D eigenvalue weighted by molar-refractivity contribution is 0.227. The molecule has 0 bridgehead atoms. The van der Waals surface area contributed by atoms with E-state index in [2.05, 4.69) is 16.8 Å². The Kier molecular flexibility index (Phi) is 5.26. The van der Waals surface area contributed by atoms with Gasteiger partial charge in [0.15, 0.2) is 0 Å². The summed E-state index contributed by atoms with van der Waals surface area (Å²) in [5.74, 6) is 0. The van der Waals surface area contributed by atoms with Crippen LogP contribution >= 0.6 is 0 Å². The highest BCUT2D eigenvalue weighted by Gasteiger charge is 2.13. The largest absolute Gasteiger partial charge is 0.299 e. The van der Waals surface area contributed by atoms with Crippen molar-refractivity contribution >= 4 is 0 Å². The van der Waals surface area contributed by atoms with Gasteiger partial charge in [-0.3, -0.25) is 14.3 Å². The van der Waals surface area contributed by atoms with Gasteiger partial charge in [0.25, 0.3) is 0 Å². The molecule has 1 atom stereocenters. The Morgan fingerprint density at radius 2 is 2.07 bits per heavy atom. The van der Waals surface area contributed by atoms with E-state index in [1.54, 1.807) is 12.4 Å². The third kappa shape index (κ3) is 3.59. The van der Waals surface area contributed by atoms with Crippen molar-refractivity contribution in [1.82, 2.24) is 9.88 Å². The summed E-state index contributed by atoms with van der Waals surface area (Å²) in [5, 5.41) is 0. The smallest absolute Gasteiger partial charge is 0.0906 e. The van der Waals surface area contributed by atoms with Crippen molar-refractivity contribution in [2.45, 2.75) is 25.8 Å². The Morgan fingerprint density at radius 1 is 1.40 bits per heavy atom. The SMILES string of the molecule is CC[C@@H](c1ccncc1)N(C)CCCF. The Labute approximate surface area is 91.1 Å². The Morgan fingerprint density at radius 3 is 2.60 bits per heavy atom. The minimum Gasteiger partial charge on any atom is -0.299 e. The minimum absolute atomic E-state index is 0.239. The zero-order valence-electron chi connectivity index (χ0n) is 9.49. The quantitative estimate of drug-likeness (QED) is 0.717. The molecule has 3 heteroatoms. The van der Waals surface area contributed by atoms with Crippen molar-refractivity contribution in [3.63, 3.8) is 0 Å². The highest BCUT2D eigenvalue weighted by molar-refractivity contribution is 5.14. The second-order valence-corrected chi connectivity index (χ2v) is 3.73. The van der Waals surface area contributed by atoms with Gasteiger partial charge in [-0.15, -0.1) is 0 Å². The molecule has 0 N–H and O–H groups in total. The molecule has 1 heterocycles. The molecule has 0 saturated heterocycles. The maximum Gasteiger partial charge on any atom is 0.0906 e. The van der Waals surface area contributed by atoms with Gasteiger partial charge < -0.3 is 0 Å². The minimum atomic E-state index is -0.239. The summed E-state index contributed by atoms with van der Waals surface area (Å²) < 4.78 is 12.1. The lowest BCUT2D eigenvalue weighted by Gasteiger charge is -2.27. The van der Waals surface area contributed by atoms with Gasteiger partial charge >= 0.3 is 0 Å². The predicted molar refractivity (Wildman–Crippen MR) is 60.5 cm³/mol. The second-order valence-electron chi connectivity index (χ2n) is 3.73. The Bertz CT molecular complexity index is 264. The van der Waals surface area contributed by atoms with Crippen molar-refractivity contribution in [2.24, 2.45) is 0 Å². The van der Waals surface area contributed by atoms with Crippen LogP contribution in [0.3, 0.4) is 0 Å². The number of hydrogen-bond donors (Lipinski definition) is 0. The molecule has 1 rings (SSSR count). The molecule has 15 heavy (non-hydrogen) atoms. The molecule has 0 aliphatic carbocycles. The molecular formula is C12H19FN2. The fraction of sp³-hybridized carbons (Fsp3) is 0.583. The standard InChI is InChI=1S/C12H19FN2/c1-3-12(15(2)10-4-7-13)11-5-8-14-9-6-11/h5-6,8-9,12H,3-4,7,10H2,1-2H3/t12-/m0/s1. The summed E-state index contributed by atoms with van der Waals surface area (Å²) >= 11 is 0. The third-order valence-corrected chi connectivity index (χ3v) is 2.65. The number of pyridine rings is 1. The van der Waals surface area contributed by atoms with Crippen LogP contribution in [-0.4, -0.2) is 30.2 Å². The first kappa shape index (κ1) is 12.1. The molecule has 0 aromatic carbocycles. The van der Waals surface area contributed by atoms with E-state index in [1.807, 2.05) is 19.2 Å². The molecule has 2 nitrogen and oxygen atoms in total. The lowest BCUT2D eigenvalue weighted by atomic mass is 10.0. The van der Waals surface area contributed by atoms with Crippen molar-refractivity contribution in [1.29, 1.82) is 0 Å². The molecule has 0 amide bonds. The summed E-state index contributed by atoms with van der Waals surface area (Å²) in [6, 6.07) is 4.43. The Hall–Kier alpha value is -0.960. The monoisotopic (exact) mass is 210 g/mol. The van der Waals surface area contributed by atoms with Crippen LogP contribution in [0, 0.1) is 0 Å². The fourth-order valence-electron chi connectivity index (χ4n) is 1.85. The summed E-state index contributed by atoms with van der Waals surface area (Å²) in [7, 11) is 2.05. The average molecular weight is 210 g/mol. The van der Waals surface area contributed by atoms with E-state index < -0.39 is 0 Å². The van der Waals surface area contributed by atoms with Crippen molar-refractivity contribution < 1.29 is 4.39 Å². The summed E-state index contributed by atoms with van der Waals surface area (Å²) in [6.07, 6.45) is 5.26. The van der Waals surface area contributed by atoms with Gasteiger partial charge in [0.05, 0.1) is 6.67 Å². The van der Waals surface area contributed by atoms with Gasteiger partial charge in [0.2, 0.25) is 0 Å². The molecule has 1 aromatic rings. The highest BCUT2D eigenvalue weighted by atomic mass is 19.1. The van der Waals surface area contributed by atoms with Gasteiger partial charge in [0, 0.05) is 25.0 Å². The molecule has 1 aromatic heterocycles. The first-order valence-corrected chi connectivity index (χ1v) is 5.45. The molecule has 0 aliphatic heterocycles. The maximum atomic E-state index is 12.1. The molecule has 0 saturated carbocycles. The second kappa shape index (κ2) is 6.51. The number of nitrogens with zero attached hydrogens (tertiary/aromatic N) is 2. The molecule has 0 spiro atoms. The number of halogens is 1. The van der Waals surface area contributed by atoms with Crippen LogP contribution in [0.2, 0.25) is 0 Å². The van der Waals surface area contributed by atoms with Gasteiger partial charge in [-0.25, -0.2) is 0 Å². The fourth-order valence-corrected chi connectivity index (χ4v) is 1.85. The van der Waals surface area contributed by atoms with Gasteiger partial charge in [0.1, 0.15) is 0 Å². The number of rotatable bonds is 6. The van der Waals surface area contributed by atoms with Gasteiger partial charge in [-0.1, -0.05) is 6.92 Å². The third-order valence-electron chi connectivity index (χ3n) is 2.65. The Balaban J connectivity index is 2.63. The van der Waals surface area contributed by atoms with E-state index in [9.17, 15) is 4.39 Å². The average Bonchev–Trinajstić information content (AvgIpc) is 2.29. The summed E-state index contributed by atoms with van der Waals surface area (Å²) in [6.45, 7) is 2.71. The van der Waals surface area contributed by atoms with Crippen LogP contribution < -0.4 is 0 Å². The first-order chi connectivity index (χ1) is 7.29. The van der Waals surface area contributed by atoms with Crippen LogP contribution in [0.5, 0.6) is 0 Å². The van der Waals surface area contributed by atoms with Crippen molar-refractivity contribution in [3.8, 4) is 0 Å². The van der Waals surface area contributed by atoms with E-state index in [0.717, 1.165) is 13.0 Å². The maximum absolute atomic E-state index is 12.1. The summed E-state index contributed by atoms with van der Waals surface area (Å²) in [4.78, 5) is 6.21. The molecule has 0 aliphatic rings. The van der Waals surface area contributed by atoms with Crippen LogP contribution in [0.15, 0.2) is 24.5 Å². The van der Waals surface area contributed by atoms with E-state index in [-0.39, 0.29) is 6.67 Å². The number of hydrogen-bond acceptors (Lipinski definition) is 2. The molecular weight excluding hydrogens is 191 g/mol. The molecule has 0 radical (unpaired) electrons. The predicted octanol–water partition coefficient (Wildman–Crippen LogP) is 2.82. The van der Waals surface area contributed by atoms with E-state index in [0.29, 0.717) is 12.5 Å². The summed E-state index contributed by atoms with van der Waals surface area (Å²) in [5.41, 5.74) is 1.26. The van der Waals surface area contributed by atoms with Crippen molar-refractivity contribution in [2.75, 3.05) is 20.3 Å². The van der Waals surface area contributed by atoms with Crippen LogP contribution in [0.1, 0.15) is 31.4 Å².